The smallest absolute Gasteiger partial charge is 0.0953 e. The predicted molar refractivity (Wildman–Crippen MR) is 64.9 cm³/mol. The molecular formula is C10H14BrN5. The molecule has 0 aliphatic rings. The van der Waals surface area contributed by atoms with E-state index in [1.165, 1.54) is 0 Å². The van der Waals surface area contributed by atoms with Crippen LogP contribution in [0.3, 0.4) is 0 Å². The lowest BCUT2D eigenvalue weighted by molar-refractivity contribution is 0.661. The van der Waals surface area contributed by atoms with Crippen LogP contribution in [0.2, 0.25) is 0 Å². The van der Waals surface area contributed by atoms with Gasteiger partial charge in [-0.25, -0.2) is 4.98 Å². The van der Waals surface area contributed by atoms with Crippen LogP contribution in [-0.4, -0.2) is 19.3 Å². The Hall–Kier alpha value is -1.14. The minimum absolute atomic E-state index is 0.471. The number of aryl methyl sites for hydroxylation is 2. The molecule has 0 saturated heterocycles. The van der Waals surface area contributed by atoms with Crippen LogP contribution in [0.25, 0.3) is 0 Å². The molecule has 86 valence electrons. The fourth-order valence-electron chi connectivity index (χ4n) is 1.62. The largest absolute Gasteiger partial charge is 0.331 e. The minimum atomic E-state index is 0.471. The highest BCUT2D eigenvalue weighted by molar-refractivity contribution is 9.10. The van der Waals surface area contributed by atoms with Crippen molar-refractivity contribution in [3.8, 4) is 0 Å². The average Bonchev–Trinajstić information content (AvgIpc) is 2.80. The van der Waals surface area contributed by atoms with Crippen molar-refractivity contribution in [3.63, 3.8) is 0 Å². The first kappa shape index (κ1) is 11.3. The lowest BCUT2D eigenvalue weighted by Crippen LogP contribution is -2.04. The van der Waals surface area contributed by atoms with Gasteiger partial charge in [-0.1, -0.05) is 0 Å². The summed E-state index contributed by atoms with van der Waals surface area (Å²) in [6, 6.07) is 0. The molecule has 0 amide bonds. The summed E-state index contributed by atoms with van der Waals surface area (Å²) in [7, 11) is 1.94. The van der Waals surface area contributed by atoms with Crippen LogP contribution in [0.5, 0.6) is 0 Å². The van der Waals surface area contributed by atoms with Crippen molar-refractivity contribution in [3.05, 3.63) is 34.1 Å². The Morgan fingerprint density at radius 1 is 1.50 bits per heavy atom. The summed E-state index contributed by atoms with van der Waals surface area (Å²) in [5, 5.41) is 4.35. The maximum absolute atomic E-state index is 5.52. The first-order valence-electron chi connectivity index (χ1n) is 5.00. The number of hydrogen-bond acceptors (Lipinski definition) is 3. The highest BCUT2D eigenvalue weighted by Crippen LogP contribution is 2.21. The van der Waals surface area contributed by atoms with E-state index in [9.17, 15) is 0 Å². The summed E-state index contributed by atoms with van der Waals surface area (Å²) in [6.07, 6.45) is 3.74. The SMILES string of the molecule is Cc1nn(C)c(Cn2cnc(CN)c2)c1Br. The third-order valence-corrected chi connectivity index (χ3v) is 3.52. The van der Waals surface area contributed by atoms with Crippen molar-refractivity contribution >= 4 is 15.9 Å². The highest BCUT2D eigenvalue weighted by Gasteiger charge is 2.10. The standard InChI is InChI=1S/C10H14BrN5/c1-7-10(11)9(15(2)14-7)5-16-4-8(3-12)13-6-16/h4,6H,3,5,12H2,1-2H3. The third-order valence-electron chi connectivity index (χ3n) is 2.49. The Kier molecular flexibility index (Phi) is 3.11. The summed E-state index contributed by atoms with van der Waals surface area (Å²) in [5.41, 5.74) is 8.54. The van der Waals surface area contributed by atoms with Crippen molar-refractivity contribution in [2.45, 2.75) is 20.0 Å². The molecule has 0 bridgehead atoms. The maximum atomic E-state index is 5.52. The summed E-state index contributed by atoms with van der Waals surface area (Å²) in [4.78, 5) is 4.19. The van der Waals surface area contributed by atoms with Crippen LogP contribution < -0.4 is 5.73 Å². The summed E-state index contributed by atoms with van der Waals surface area (Å²) in [5.74, 6) is 0. The van der Waals surface area contributed by atoms with Crippen LogP contribution in [0.1, 0.15) is 17.1 Å². The lowest BCUT2D eigenvalue weighted by Gasteiger charge is -2.03. The van der Waals surface area contributed by atoms with Gasteiger partial charge in [0.25, 0.3) is 0 Å². The molecule has 0 spiro atoms. The summed E-state index contributed by atoms with van der Waals surface area (Å²) >= 11 is 3.54. The first-order valence-corrected chi connectivity index (χ1v) is 5.79. The highest BCUT2D eigenvalue weighted by atomic mass is 79.9. The van der Waals surface area contributed by atoms with Gasteiger partial charge in [0.1, 0.15) is 0 Å². The molecule has 6 heteroatoms. The summed E-state index contributed by atoms with van der Waals surface area (Å²) < 4.78 is 4.93. The quantitative estimate of drug-likeness (QED) is 0.921. The number of rotatable bonds is 3. The van der Waals surface area contributed by atoms with Crippen LogP contribution in [0, 0.1) is 6.92 Å². The van der Waals surface area contributed by atoms with E-state index in [0.717, 1.165) is 28.1 Å². The van der Waals surface area contributed by atoms with Crippen LogP contribution >= 0.6 is 15.9 Å². The van der Waals surface area contributed by atoms with E-state index in [0.29, 0.717) is 6.54 Å². The van der Waals surface area contributed by atoms with E-state index in [2.05, 4.69) is 26.0 Å². The molecule has 0 atom stereocenters. The molecule has 0 aliphatic carbocycles. The van der Waals surface area contributed by atoms with E-state index in [1.807, 2.05) is 29.4 Å². The fourth-order valence-corrected chi connectivity index (χ4v) is 2.08. The number of nitrogens with zero attached hydrogens (tertiary/aromatic N) is 4. The van der Waals surface area contributed by atoms with Crippen LogP contribution in [0.15, 0.2) is 17.0 Å². The van der Waals surface area contributed by atoms with Gasteiger partial charge < -0.3 is 10.3 Å². The predicted octanol–water partition coefficient (Wildman–Crippen LogP) is 1.19. The first-order chi connectivity index (χ1) is 7.61. The maximum Gasteiger partial charge on any atom is 0.0953 e. The van der Waals surface area contributed by atoms with Gasteiger partial charge in [-0.15, -0.1) is 0 Å². The Labute approximate surface area is 102 Å². The molecule has 0 aliphatic heterocycles. The zero-order chi connectivity index (χ0) is 11.7. The van der Waals surface area contributed by atoms with Gasteiger partial charge in [0.15, 0.2) is 0 Å². The van der Waals surface area contributed by atoms with Gasteiger partial charge in [-0.3, -0.25) is 4.68 Å². The monoisotopic (exact) mass is 283 g/mol. The van der Waals surface area contributed by atoms with Gasteiger partial charge in [0.05, 0.1) is 34.4 Å². The van der Waals surface area contributed by atoms with Gasteiger partial charge in [0, 0.05) is 19.8 Å². The van der Waals surface area contributed by atoms with Gasteiger partial charge >= 0.3 is 0 Å². The molecule has 2 aromatic heterocycles. The molecule has 0 saturated carbocycles. The molecule has 16 heavy (non-hydrogen) atoms. The van der Waals surface area contributed by atoms with Gasteiger partial charge in [-0.2, -0.15) is 5.10 Å². The zero-order valence-corrected chi connectivity index (χ0v) is 10.9. The van der Waals surface area contributed by atoms with Crippen molar-refractivity contribution in [2.24, 2.45) is 12.8 Å². The molecule has 0 radical (unpaired) electrons. The Morgan fingerprint density at radius 2 is 2.25 bits per heavy atom. The van der Waals surface area contributed by atoms with Crippen molar-refractivity contribution in [2.75, 3.05) is 0 Å². The van der Waals surface area contributed by atoms with Crippen LogP contribution in [0.4, 0.5) is 0 Å². The van der Waals surface area contributed by atoms with Crippen LogP contribution in [-0.2, 0) is 20.1 Å². The van der Waals surface area contributed by atoms with E-state index in [-0.39, 0.29) is 0 Å². The average molecular weight is 284 g/mol. The molecule has 0 aromatic carbocycles. The number of hydrogen-bond donors (Lipinski definition) is 1. The molecule has 2 N–H and O–H groups in total. The van der Waals surface area contributed by atoms with Crippen molar-refractivity contribution in [1.29, 1.82) is 0 Å². The number of aromatic nitrogens is 4. The van der Waals surface area contributed by atoms with E-state index >= 15 is 0 Å². The Bertz CT molecular complexity index is 499. The van der Waals surface area contributed by atoms with E-state index < -0.39 is 0 Å². The second kappa shape index (κ2) is 4.39. The number of nitrogens with two attached hydrogens (primary N) is 1. The van der Waals surface area contributed by atoms with E-state index in [4.69, 9.17) is 5.73 Å². The molecule has 5 nitrogen and oxygen atoms in total. The lowest BCUT2D eigenvalue weighted by atomic mass is 10.3. The second-order valence-electron chi connectivity index (χ2n) is 3.71. The molecule has 0 fully saturated rings. The normalized spacial score (nSPS) is 11.0. The zero-order valence-electron chi connectivity index (χ0n) is 9.31. The number of halogens is 1. The fraction of sp³-hybridized carbons (Fsp3) is 0.400. The topological polar surface area (TPSA) is 61.7 Å². The van der Waals surface area contributed by atoms with Crippen molar-refractivity contribution in [1.82, 2.24) is 19.3 Å². The Morgan fingerprint density at radius 3 is 2.75 bits per heavy atom. The molecule has 2 rings (SSSR count). The van der Waals surface area contributed by atoms with Crippen molar-refractivity contribution < 1.29 is 0 Å². The molecule has 2 heterocycles. The second-order valence-corrected chi connectivity index (χ2v) is 4.50. The molecule has 0 unspecified atom stereocenters. The third kappa shape index (κ3) is 2.03. The Balaban J connectivity index is 2.26. The number of imidazole rings is 1. The van der Waals surface area contributed by atoms with Gasteiger partial charge in [-0.05, 0) is 22.9 Å². The van der Waals surface area contributed by atoms with Gasteiger partial charge in [0.2, 0.25) is 0 Å². The molecular weight excluding hydrogens is 270 g/mol. The summed E-state index contributed by atoms with van der Waals surface area (Å²) in [6.45, 7) is 3.19. The molecule has 2 aromatic rings. The minimum Gasteiger partial charge on any atom is -0.331 e. The van der Waals surface area contributed by atoms with E-state index in [1.54, 1.807) is 6.33 Å².